The van der Waals surface area contributed by atoms with Crippen LogP contribution in [-0.4, -0.2) is 43.4 Å². The van der Waals surface area contributed by atoms with Crippen molar-refractivity contribution in [3.63, 3.8) is 0 Å². The molecular formula is C23H23N5O2S. The highest BCUT2D eigenvalue weighted by Gasteiger charge is 2.18. The second kappa shape index (κ2) is 9.61. The van der Waals surface area contributed by atoms with Gasteiger partial charge in [0, 0.05) is 31.5 Å². The summed E-state index contributed by atoms with van der Waals surface area (Å²) in [4.78, 5) is 18.7. The van der Waals surface area contributed by atoms with Crippen molar-refractivity contribution in [3.8, 4) is 11.4 Å². The van der Waals surface area contributed by atoms with E-state index >= 15 is 0 Å². The molecule has 4 rings (SSSR count). The summed E-state index contributed by atoms with van der Waals surface area (Å²) < 4.78 is 7.47. The number of amides is 1. The summed E-state index contributed by atoms with van der Waals surface area (Å²) >= 11 is 1.37. The number of aromatic nitrogens is 4. The standard InChI is InChI=1S/C23H23N5O2S/c1-17-7-3-4-8-19(17)14-27(2)21(29)16-31-23-26-25-22(18-9-5-11-24-13-18)28(23)15-20-10-6-12-30-20/h3-13H,14-16H2,1-2H3. The van der Waals surface area contributed by atoms with E-state index in [1.54, 1.807) is 23.6 Å². The molecule has 7 nitrogen and oxygen atoms in total. The Bertz CT molecular complexity index is 1140. The highest BCUT2D eigenvalue weighted by atomic mass is 32.2. The van der Waals surface area contributed by atoms with Gasteiger partial charge in [-0.05, 0) is 42.3 Å². The average Bonchev–Trinajstić information content (AvgIpc) is 3.44. The topological polar surface area (TPSA) is 77.1 Å². The Morgan fingerprint density at radius 1 is 1.13 bits per heavy atom. The Hall–Kier alpha value is -3.39. The maximum absolute atomic E-state index is 12.8. The molecule has 0 saturated carbocycles. The summed E-state index contributed by atoms with van der Waals surface area (Å²) in [5.41, 5.74) is 3.17. The number of pyridine rings is 1. The fourth-order valence-electron chi connectivity index (χ4n) is 3.17. The van der Waals surface area contributed by atoms with E-state index in [-0.39, 0.29) is 11.7 Å². The summed E-state index contributed by atoms with van der Waals surface area (Å²) in [6.07, 6.45) is 5.11. The number of thioether (sulfide) groups is 1. The molecule has 3 aromatic heterocycles. The molecule has 0 saturated heterocycles. The van der Waals surface area contributed by atoms with Crippen LogP contribution in [-0.2, 0) is 17.9 Å². The largest absolute Gasteiger partial charge is 0.467 e. The molecule has 0 N–H and O–H groups in total. The van der Waals surface area contributed by atoms with Crippen molar-refractivity contribution in [2.45, 2.75) is 25.2 Å². The molecule has 158 valence electrons. The van der Waals surface area contributed by atoms with Crippen molar-refractivity contribution in [2.24, 2.45) is 0 Å². The predicted octanol–water partition coefficient (Wildman–Crippen LogP) is 4.04. The monoisotopic (exact) mass is 433 g/mol. The summed E-state index contributed by atoms with van der Waals surface area (Å²) in [5.74, 6) is 1.78. The lowest BCUT2D eigenvalue weighted by atomic mass is 10.1. The van der Waals surface area contributed by atoms with Gasteiger partial charge in [0.25, 0.3) is 0 Å². The molecule has 0 aliphatic heterocycles. The lowest BCUT2D eigenvalue weighted by Crippen LogP contribution is -2.28. The molecule has 0 unspecified atom stereocenters. The zero-order valence-corrected chi connectivity index (χ0v) is 18.2. The Morgan fingerprint density at radius 2 is 2.00 bits per heavy atom. The van der Waals surface area contributed by atoms with Gasteiger partial charge in [-0.2, -0.15) is 0 Å². The van der Waals surface area contributed by atoms with Gasteiger partial charge in [-0.3, -0.25) is 14.3 Å². The molecule has 1 amide bonds. The first kappa shape index (κ1) is 20.9. The number of carbonyl (C=O) groups is 1. The highest BCUT2D eigenvalue weighted by Crippen LogP contribution is 2.25. The van der Waals surface area contributed by atoms with Crippen LogP contribution < -0.4 is 0 Å². The average molecular weight is 434 g/mol. The van der Waals surface area contributed by atoms with Gasteiger partial charge in [0.05, 0.1) is 18.6 Å². The third-order valence-electron chi connectivity index (χ3n) is 4.95. The molecule has 0 bridgehead atoms. The van der Waals surface area contributed by atoms with E-state index in [9.17, 15) is 4.79 Å². The SMILES string of the molecule is Cc1ccccc1CN(C)C(=O)CSc1nnc(-c2cccnc2)n1Cc1ccco1. The molecule has 3 heterocycles. The minimum atomic E-state index is 0.0312. The summed E-state index contributed by atoms with van der Waals surface area (Å²) in [5, 5.41) is 9.35. The van der Waals surface area contributed by atoms with Gasteiger partial charge in [0.2, 0.25) is 5.91 Å². The Morgan fingerprint density at radius 3 is 2.74 bits per heavy atom. The van der Waals surface area contributed by atoms with E-state index in [0.29, 0.717) is 24.1 Å². The van der Waals surface area contributed by atoms with Crippen LogP contribution >= 0.6 is 11.8 Å². The Labute approximate surface area is 185 Å². The highest BCUT2D eigenvalue weighted by molar-refractivity contribution is 7.99. The van der Waals surface area contributed by atoms with Crippen molar-refractivity contribution in [1.29, 1.82) is 0 Å². The molecule has 0 atom stereocenters. The zero-order valence-electron chi connectivity index (χ0n) is 17.4. The van der Waals surface area contributed by atoms with Gasteiger partial charge in [0.15, 0.2) is 11.0 Å². The summed E-state index contributed by atoms with van der Waals surface area (Å²) in [6, 6.07) is 15.6. The summed E-state index contributed by atoms with van der Waals surface area (Å²) in [7, 11) is 1.82. The van der Waals surface area contributed by atoms with Crippen molar-refractivity contribution in [2.75, 3.05) is 12.8 Å². The van der Waals surface area contributed by atoms with Crippen LogP contribution in [0, 0.1) is 6.92 Å². The second-order valence-corrected chi connectivity index (χ2v) is 8.12. The lowest BCUT2D eigenvalue weighted by molar-refractivity contribution is -0.127. The number of nitrogens with zero attached hydrogens (tertiary/aromatic N) is 5. The zero-order chi connectivity index (χ0) is 21.6. The van der Waals surface area contributed by atoms with Crippen LogP contribution in [0.1, 0.15) is 16.9 Å². The van der Waals surface area contributed by atoms with E-state index in [0.717, 1.165) is 16.9 Å². The molecule has 0 aliphatic rings. The van der Waals surface area contributed by atoms with Gasteiger partial charge in [-0.25, -0.2) is 0 Å². The van der Waals surface area contributed by atoms with E-state index < -0.39 is 0 Å². The van der Waals surface area contributed by atoms with Crippen molar-refractivity contribution in [1.82, 2.24) is 24.6 Å². The molecular weight excluding hydrogens is 410 g/mol. The van der Waals surface area contributed by atoms with Gasteiger partial charge in [0.1, 0.15) is 5.76 Å². The first-order chi connectivity index (χ1) is 15.1. The maximum Gasteiger partial charge on any atom is 0.233 e. The summed E-state index contributed by atoms with van der Waals surface area (Å²) in [6.45, 7) is 3.10. The molecule has 31 heavy (non-hydrogen) atoms. The van der Waals surface area contributed by atoms with Crippen LogP contribution in [0.25, 0.3) is 11.4 Å². The number of benzene rings is 1. The third kappa shape index (κ3) is 5.03. The first-order valence-electron chi connectivity index (χ1n) is 9.89. The van der Waals surface area contributed by atoms with E-state index in [1.807, 2.05) is 54.1 Å². The lowest BCUT2D eigenvalue weighted by Gasteiger charge is -2.18. The quantitative estimate of drug-likeness (QED) is 0.390. The smallest absolute Gasteiger partial charge is 0.233 e. The molecule has 0 radical (unpaired) electrons. The van der Waals surface area contributed by atoms with Crippen LogP contribution in [0.4, 0.5) is 0 Å². The fourth-order valence-corrected chi connectivity index (χ4v) is 4.05. The number of rotatable bonds is 8. The Balaban J connectivity index is 1.49. The number of hydrogen-bond donors (Lipinski definition) is 0. The third-order valence-corrected chi connectivity index (χ3v) is 5.90. The van der Waals surface area contributed by atoms with Gasteiger partial charge in [-0.15, -0.1) is 10.2 Å². The molecule has 0 spiro atoms. The Kier molecular flexibility index (Phi) is 6.47. The maximum atomic E-state index is 12.8. The first-order valence-corrected chi connectivity index (χ1v) is 10.9. The van der Waals surface area contributed by atoms with E-state index in [4.69, 9.17) is 4.42 Å². The van der Waals surface area contributed by atoms with Gasteiger partial charge >= 0.3 is 0 Å². The molecule has 0 aliphatic carbocycles. The predicted molar refractivity (Wildman–Crippen MR) is 119 cm³/mol. The van der Waals surface area contributed by atoms with Gasteiger partial charge in [-0.1, -0.05) is 36.0 Å². The molecule has 8 heteroatoms. The number of carbonyl (C=O) groups excluding carboxylic acids is 1. The van der Waals surface area contributed by atoms with Crippen LogP contribution in [0.5, 0.6) is 0 Å². The normalized spacial score (nSPS) is 10.9. The van der Waals surface area contributed by atoms with Crippen molar-refractivity contribution < 1.29 is 9.21 Å². The fraction of sp³-hybridized carbons (Fsp3) is 0.217. The molecule has 4 aromatic rings. The number of furan rings is 1. The van der Waals surface area contributed by atoms with Gasteiger partial charge < -0.3 is 9.32 Å². The molecule has 0 fully saturated rings. The van der Waals surface area contributed by atoms with E-state index in [2.05, 4.69) is 28.2 Å². The number of aryl methyl sites for hydroxylation is 1. The van der Waals surface area contributed by atoms with Crippen LogP contribution in [0.15, 0.2) is 76.8 Å². The van der Waals surface area contributed by atoms with Crippen LogP contribution in [0.3, 0.4) is 0 Å². The van der Waals surface area contributed by atoms with Crippen LogP contribution in [0.2, 0.25) is 0 Å². The van der Waals surface area contributed by atoms with Crippen molar-refractivity contribution in [3.05, 3.63) is 84.1 Å². The second-order valence-electron chi connectivity index (χ2n) is 7.18. The molecule has 1 aromatic carbocycles. The number of hydrogen-bond acceptors (Lipinski definition) is 6. The van der Waals surface area contributed by atoms with Crippen molar-refractivity contribution >= 4 is 17.7 Å². The minimum absolute atomic E-state index is 0.0312. The minimum Gasteiger partial charge on any atom is -0.467 e. The van der Waals surface area contributed by atoms with E-state index in [1.165, 1.54) is 17.3 Å².